The molecule has 2 aliphatic heterocycles. The lowest BCUT2D eigenvalue weighted by atomic mass is 9.88. The molecule has 0 unspecified atom stereocenters. The Morgan fingerprint density at radius 1 is 1.22 bits per heavy atom. The molecule has 2 aromatic carbocycles. The number of piperidine rings is 1. The second-order valence-electron chi connectivity index (χ2n) is 11.1. The number of amides is 1. The molecule has 2 heterocycles. The number of Topliss-reactive ketones (excluding diaryl/α,β-unsaturated/α-hetero) is 1. The first-order valence-electron chi connectivity index (χ1n) is 13.4. The summed E-state index contributed by atoms with van der Waals surface area (Å²) < 4.78 is 15.2. The normalized spacial score (nSPS) is 22.9. The molecule has 7 heteroatoms. The summed E-state index contributed by atoms with van der Waals surface area (Å²) in [6.45, 7) is 1.56. The van der Waals surface area contributed by atoms with Crippen molar-refractivity contribution in [3.63, 3.8) is 0 Å². The fraction of sp³-hybridized carbons (Fsp3) is 0.500. The quantitative estimate of drug-likeness (QED) is 0.529. The lowest BCUT2D eigenvalue weighted by Crippen LogP contribution is -2.42. The molecule has 1 saturated heterocycles. The Hall–Kier alpha value is -3.08. The molecule has 2 fully saturated rings. The summed E-state index contributed by atoms with van der Waals surface area (Å²) in [5.74, 6) is -0.346. The maximum absolute atomic E-state index is 15.2. The molecule has 0 aromatic heterocycles. The lowest BCUT2D eigenvalue weighted by Gasteiger charge is -2.22. The average Bonchev–Trinajstić information content (AvgIpc) is 3.59. The third kappa shape index (κ3) is 5.46. The van der Waals surface area contributed by atoms with E-state index in [1.807, 2.05) is 43.3 Å². The van der Waals surface area contributed by atoms with Crippen molar-refractivity contribution in [3.8, 4) is 17.2 Å². The molecule has 2 bridgehead atoms. The van der Waals surface area contributed by atoms with E-state index in [9.17, 15) is 14.9 Å². The predicted octanol–water partition coefficient (Wildman–Crippen LogP) is 4.12. The van der Waals surface area contributed by atoms with E-state index < -0.39 is 5.92 Å². The topological polar surface area (TPSA) is 76.4 Å². The van der Waals surface area contributed by atoms with Gasteiger partial charge in [0.1, 0.15) is 5.82 Å². The van der Waals surface area contributed by atoms with Gasteiger partial charge in [0.25, 0.3) is 0 Å². The number of rotatable bonds is 10. The number of nitrogens with one attached hydrogen (secondary N) is 1. The molecule has 1 saturated carbocycles. The van der Waals surface area contributed by atoms with E-state index >= 15 is 4.39 Å². The number of carbonyl (C=O) groups is 2. The van der Waals surface area contributed by atoms with Gasteiger partial charge in [0, 0.05) is 24.7 Å². The van der Waals surface area contributed by atoms with E-state index in [1.54, 1.807) is 6.07 Å². The number of nitriles is 1. The van der Waals surface area contributed by atoms with E-state index in [4.69, 9.17) is 0 Å². The highest BCUT2D eigenvalue weighted by atomic mass is 19.1. The molecule has 2 aromatic rings. The van der Waals surface area contributed by atoms with E-state index in [2.05, 4.69) is 16.3 Å². The van der Waals surface area contributed by atoms with E-state index in [0.717, 1.165) is 54.6 Å². The maximum atomic E-state index is 15.2. The molecular weight excluding hydrogens is 467 g/mol. The third-order valence-corrected chi connectivity index (χ3v) is 8.20. The summed E-state index contributed by atoms with van der Waals surface area (Å²) in [5, 5.41) is 13.1. The second kappa shape index (κ2) is 10.7. The Bertz CT molecular complexity index is 1240. The monoisotopic (exact) mass is 502 g/mol. The standard InChI is InChI=1S/C30H35FN4O2/c1-34(2)10-3-11-35-27-16-21(5-7-23(27)17-29(35)37)20-4-6-22(26(31)15-20)12-19(18-32)13-28(36)30-24-8-9-25(14-24)33-30/h4-7,15-16,19,24-25,30,33H,3,8-14,17H2,1-2H3/t19-,24+,25-,30+/m1/s1. The minimum absolute atomic E-state index is 0.0820. The highest BCUT2D eigenvalue weighted by Gasteiger charge is 2.42. The molecule has 6 nitrogen and oxygen atoms in total. The van der Waals surface area contributed by atoms with E-state index in [-0.39, 0.29) is 36.4 Å². The zero-order valence-electron chi connectivity index (χ0n) is 21.7. The van der Waals surface area contributed by atoms with Gasteiger partial charge in [-0.25, -0.2) is 4.39 Å². The van der Waals surface area contributed by atoms with Crippen LogP contribution in [0.15, 0.2) is 36.4 Å². The molecular formula is C30H35FN4O2. The number of benzene rings is 2. The molecule has 5 rings (SSSR count). The Morgan fingerprint density at radius 3 is 2.68 bits per heavy atom. The Labute approximate surface area is 218 Å². The van der Waals surface area contributed by atoms with E-state index in [0.29, 0.717) is 30.5 Å². The molecule has 37 heavy (non-hydrogen) atoms. The summed E-state index contributed by atoms with van der Waals surface area (Å²) >= 11 is 0. The van der Waals surface area contributed by atoms with Gasteiger partial charge in [-0.15, -0.1) is 0 Å². The van der Waals surface area contributed by atoms with Gasteiger partial charge in [-0.1, -0.05) is 24.3 Å². The number of ketones is 1. The van der Waals surface area contributed by atoms with Crippen LogP contribution in [0.1, 0.15) is 43.2 Å². The molecule has 194 valence electrons. The Kier molecular flexibility index (Phi) is 7.41. The largest absolute Gasteiger partial charge is 0.312 e. The second-order valence-corrected chi connectivity index (χ2v) is 11.1. The number of hydrogen-bond acceptors (Lipinski definition) is 5. The van der Waals surface area contributed by atoms with Crippen molar-refractivity contribution in [2.24, 2.45) is 11.8 Å². The van der Waals surface area contributed by atoms with Crippen LogP contribution in [-0.4, -0.2) is 55.9 Å². The SMILES string of the molecule is CN(C)CCCN1C(=O)Cc2ccc(-c3ccc(C[C@@H](C#N)CC(=O)[C@H]4N[C@@H]5CC[C@H]4C5)c(F)c3)cc21. The van der Waals surface area contributed by atoms with Crippen LogP contribution in [0.4, 0.5) is 10.1 Å². The van der Waals surface area contributed by atoms with Crippen LogP contribution in [-0.2, 0) is 22.4 Å². The smallest absolute Gasteiger partial charge is 0.231 e. The maximum Gasteiger partial charge on any atom is 0.231 e. The average molecular weight is 503 g/mol. The van der Waals surface area contributed by atoms with Gasteiger partial charge >= 0.3 is 0 Å². The van der Waals surface area contributed by atoms with Crippen LogP contribution in [0.25, 0.3) is 11.1 Å². The van der Waals surface area contributed by atoms with Gasteiger partial charge in [-0.2, -0.15) is 5.26 Å². The van der Waals surface area contributed by atoms with Crippen molar-refractivity contribution in [3.05, 3.63) is 53.3 Å². The fourth-order valence-corrected chi connectivity index (χ4v) is 6.23. The van der Waals surface area contributed by atoms with Crippen molar-refractivity contribution in [2.75, 3.05) is 32.1 Å². The van der Waals surface area contributed by atoms with E-state index in [1.165, 1.54) is 6.07 Å². The summed E-state index contributed by atoms with van der Waals surface area (Å²) in [4.78, 5) is 29.3. The van der Waals surface area contributed by atoms with Crippen molar-refractivity contribution in [1.29, 1.82) is 5.26 Å². The van der Waals surface area contributed by atoms with Gasteiger partial charge in [-0.05, 0) is 93.0 Å². The van der Waals surface area contributed by atoms with Gasteiger partial charge < -0.3 is 15.1 Å². The summed E-state index contributed by atoms with van der Waals surface area (Å²) in [7, 11) is 4.03. The van der Waals surface area contributed by atoms with Gasteiger partial charge in [0.2, 0.25) is 5.91 Å². The van der Waals surface area contributed by atoms with Crippen LogP contribution in [0.5, 0.6) is 0 Å². The highest BCUT2D eigenvalue weighted by molar-refractivity contribution is 6.02. The number of anilines is 1. The first kappa shape index (κ1) is 25.6. The van der Waals surface area contributed by atoms with Crippen LogP contribution in [0.2, 0.25) is 0 Å². The molecule has 0 spiro atoms. The molecule has 0 radical (unpaired) electrons. The molecule has 1 amide bonds. The van der Waals surface area contributed by atoms with Crippen LogP contribution in [0, 0.1) is 29.0 Å². The zero-order valence-corrected chi connectivity index (χ0v) is 21.7. The molecule has 1 N–H and O–H groups in total. The third-order valence-electron chi connectivity index (χ3n) is 8.20. The predicted molar refractivity (Wildman–Crippen MR) is 142 cm³/mol. The van der Waals surface area contributed by atoms with Gasteiger partial charge in [0.15, 0.2) is 5.78 Å². The summed E-state index contributed by atoms with van der Waals surface area (Å²) in [6.07, 6.45) is 4.90. The van der Waals surface area contributed by atoms with Crippen LogP contribution < -0.4 is 10.2 Å². The number of carbonyl (C=O) groups excluding carboxylic acids is 2. The Morgan fingerprint density at radius 2 is 2.00 bits per heavy atom. The lowest BCUT2D eigenvalue weighted by molar-refractivity contribution is -0.122. The van der Waals surface area contributed by atoms with Crippen molar-refractivity contribution in [2.45, 2.75) is 57.0 Å². The van der Waals surface area contributed by atoms with Crippen molar-refractivity contribution in [1.82, 2.24) is 10.2 Å². The minimum atomic E-state index is -0.546. The van der Waals surface area contributed by atoms with Gasteiger partial charge in [0.05, 0.1) is 24.4 Å². The first-order valence-corrected chi connectivity index (χ1v) is 13.4. The highest BCUT2D eigenvalue weighted by Crippen LogP contribution is 2.37. The minimum Gasteiger partial charge on any atom is -0.312 e. The summed E-state index contributed by atoms with van der Waals surface area (Å²) in [6, 6.07) is 13.5. The molecule has 1 aliphatic carbocycles. The summed E-state index contributed by atoms with van der Waals surface area (Å²) in [5.41, 5.74) is 3.94. The van der Waals surface area contributed by atoms with Gasteiger partial charge in [-0.3, -0.25) is 9.59 Å². The number of hydrogen-bond donors (Lipinski definition) is 1. The number of nitrogens with zero attached hydrogens (tertiary/aromatic N) is 3. The number of fused-ring (bicyclic) bond motifs is 3. The fourth-order valence-electron chi connectivity index (χ4n) is 6.23. The molecule has 4 atom stereocenters. The number of halogens is 1. The zero-order chi connectivity index (χ0) is 26.1. The van der Waals surface area contributed by atoms with Crippen LogP contribution >= 0.6 is 0 Å². The molecule has 3 aliphatic rings. The first-order chi connectivity index (χ1) is 17.8. The van der Waals surface area contributed by atoms with Crippen molar-refractivity contribution < 1.29 is 14.0 Å². The van der Waals surface area contributed by atoms with Crippen LogP contribution in [0.3, 0.4) is 0 Å². The van der Waals surface area contributed by atoms with Crippen molar-refractivity contribution >= 4 is 17.4 Å². The Balaban J connectivity index is 1.26.